The smallest absolute Gasteiger partial charge is 0.316 e. The van der Waals surface area contributed by atoms with Gasteiger partial charge in [-0.25, -0.2) is 0 Å². The van der Waals surface area contributed by atoms with E-state index in [1.807, 2.05) is 44.4 Å². The van der Waals surface area contributed by atoms with Gasteiger partial charge in [-0.1, -0.05) is 30.3 Å². The van der Waals surface area contributed by atoms with E-state index in [-0.39, 0.29) is 5.97 Å². The summed E-state index contributed by atoms with van der Waals surface area (Å²) in [4.78, 5) is 14.2. The van der Waals surface area contributed by atoms with E-state index < -0.39 is 5.41 Å². The van der Waals surface area contributed by atoms with Gasteiger partial charge in [0.2, 0.25) is 0 Å². The Morgan fingerprint density at radius 3 is 2.59 bits per heavy atom. The molecule has 0 aromatic heterocycles. The van der Waals surface area contributed by atoms with Gasteiger partial charge in [0.15, 0.2) is 0 Å². The van der Waals surface area contributed by atoms with Gasteiger partial charge in [-0.3, -0.25) is 4.79 Å². The molecular formula is C14H19NO2. The van der Waals surface area contributed by atoms with Gasteiger partial charge >= 0.3 is 5.97 Å². The van der Waals surface area contributed by atoms with Crippen LogP contribution in [0.2, 0.25) is 0 Å². The SMILES string of the molecule is COC(=O)[C@@]1(c2ccccc2)CC1CN(C)C. The standard InChI is InChI=1S/C14H19NO2/c1-15(2)10-12-9-14(12,13(16)17-3)11-7-5-4-6-8-11/h4-8,12H,9-10H2,1-3H3/t12?,14-/m1/s1. The van der Waals surface area contributed by atoms with Gasteiger partial charge in [0.25, 0.3) is 0 Å². The van der Waals surface area contributed by atoms with Gasteiger partial charge in [0, 0.05) is 6.54 Å². The number of hydrogen-bond acceptors (Lipinski definition) is 3. The van der Waals surface area contributed by atoms with Crippen LogP contribution in [0.3, 0.4) is 0 Å². The van der Waals surface area contributed by atoms with Crippen LogP contribution in [0.1, 0.15) is 12.0 Å². The number of nitrogens with zero attached hydrogens (tertiary/aromatic N) is 1. The molecule has 2 rings (SSSR count). The second kappa shape index (κ2) is 4.49. The Morgan fingerprint density at radius 2 is 2.06 bits per heavy atom. The monoisotopic (exact) mass is 233 g/mol. The first-order chi connectivity index (χ1) is 8.11. The molecule has 0 heterocycles. The van der Waals surface area contributed by atoms with Gasteiger partial charge in [-0.05, 0) is 32.0 Å². The van der Waals surface area contributed by atoms with Crippen molar-refractivity contribution >= 4 is 5.97 Å². The lowest BCUT2D eigenvalue weighted by Crippen LogP contribution is -2.28. The second-order valence-electron chi connectivity index (χ2n) is 4.99. The number of rotatable bonds is 4. The molecule has 0 saturated heterocycles. The van der Waals surface area contributed by atoms with E-state index in [2.05, 4.69) is 4.90 Å². The molecule has 1 aromatic rings. The number of carbonyl (C=O) groups is 1. The van der Waals surface area contributed by atoms with Crippen molar-refractivity contribution in [3.8, 4) is 0 Å². The number of methoxy groups -OCH3 is 1. The fourth-order valence-corrected chi connectivity index (χ4v) is 2.63. The normalized spacial score (nSPS) is 26.9. The predicted octanol–water partition coefficient (Wildman–Crippen LogP) is 1.68. The molecule has 17 heavy (non-hydrogen) atoms. The predicted molar refractivity (Wildman–Crippen MR) is 66.8 cm³/mol. The van der Waals surface area contributed by atoms with E-state index in [1.165, 1.54) is 7.11 Å². The van der Waals surface area contributed by atoms with Crippen molar-refractivity contribution in [2.75, 3.05) is 27.7 Å². The van der Waals surface area contributed by atoms with Crippen LogP contribution in [0, 0.1) is 5.92 Å². The van der Waals surface area contributed by atoms with Gasteiger partial charge < -0.3 is 9.64 Å². The topological polar surface area (TPSA) is 29.5 Å². The number of hydrogen-bond donors (Lipinski definition) is 0. The van der Waals surface area contributed by atoms with Crippen molar-refractivity contribution in [3.05, 3.63) is 35.9 Å². The molecule has 1 fully saturated rings. The zero-order valence-electron chi connectivity index (χ0n) is 10.6. The lowest BCUT2D eigenvalue weighted by Gasteiger charge is -2.17. The molecule has 1 aliphatic rings. The van der Waals surface area contributed by atoms with E-state index in [4.69, 9.17) is 4.74 Å². The Labute approximate surface area is 102 Å². The quantitative estimate of drug-likeness (QED) is 0.741. The zero-order valence-corrected chi connectivity index (χ0v) is 10.6. The Bertz CT molecular complexity index is 402. The van der Waals surface area contributed by atoms with E-state index in [0.29, 0.717) is 5.92 Å². The van der Waals surface area contributed by atoms with Gasteiger partial charge in [-0.15, -0.1) is 0 Å². The summed E-state index contributed by atoms with van der Waals surface area (Å²) in [6.07, 6.45) is 0.891. The minimum absolute atomic E-state index is 0.101. The Morgan fingerprint density at radius 1 is 1.41 bits per heavy atom. The van der Waals surface area contributed by atoms with E-state index in [1.54, 1.807) is 0 Å². The molecule has 0 bridgehead atoms. The molecule has 2 atom stereocenters. The van der Waals surface area contributed by atoms with Gasteiger partial charge in [0.05, 0.1) is 12.5 Å². The molecule has 1 saturated carbocycles. The average Bonchev–Trinajstić information content (AvgIpc) is 3.03. The first-order valence-corrected chi connectivity index (χ1v) is 5.90. The lowest BCUT2D eigenvalue weighted by molar-refractivity contribution is -0.144. The molecule has 1 aromatic carbocycles. The number of ether oxygens (including phenoxy) is 1. The molecule has 3 heteroatoms. The third kappa shape index (κ3) is 2.07. The van der Waals surface area contributed by atoms with Crippen LogP contribution in [0.4, 0.5) is 0 Å². The van der Waals surface area contributed by atoms with Crippen LogP contribution in [0.5, 0.6) is 0 Å². The second-order valence-corrected chi connectivity index (χ2v) is 4.99. The fraction of sp³-hybridized carbons (Fsp3) is 0.500. The highest BCUT2D eigenvalue weighted by Gasteiger charge is 2.61. The Kier molecular flexibility index (Phi) is 3.20. The molecule has 3 nitrogen and oxygen atoms in total. The molecule has 1 aliphatic carbocycles. The van der Waals surface area contributed by atoms with Crippen LogP contribution in [0.15, 0.2) is 30.3 Å². The molecule has 0 aliphatic heterocycles. The summed E-state index contributed by atoms with van der Waals surface area (Å²) in [5.74, 6) is 0.267. The molecule has 0 N–H and O–H groups in total. The van der Waals surface area contributed by atoms with Crippen molar-refractivity contribution in [2.24, 2.45) is 5.92 Å². The summed E-state index contributed by atoms with van der Waals surface area (Å²) in [6, 6.07) is 9.97. The van der Waals surface area contributed by atoms with Crippen molar-refractivity contribution < 1.29 is 9.53 Å². The number of benzene rings is 1. The first kappa shape index (κ1) is 12.1. The van der Waals surface area contributed by atoms with E-state index in [9.17, 15) is 4.79 Å². The maximum atomic E-state index is 12.0. The summed E-state index contributed by atoms with van der Waals surface area (Å²) >= 11 is 0. The third-order valence-electron chi connectivity index (χ3n) is 3.53. The van der Waals surface area contributed by atoms with Gasteiger partial charge in [-0.2, -0.15) is 0 Å². The lowest BCUT2D eigenvalue weighted by atomic mass is 9.93. The van der Waals surface area contributed by atoms with Gasteiger partial charge in [0.1, 0.15) is 0 Å². The first-order valence-electron chi connectivity index (χ1n) is 5.90. The van der Waals surface area contributed by atoms with Crippen molar-refractivity contribution in [2.45, 2.75) is 11.8 Å². The Balaban J connectivity index is 2.26. The van der Waals surface area contributed by atoms with Crippen LogP contribution in [-0.4, -0.2) is 38.6 Å². The molecule has 0 amide bonds. The average molecular weight is 233 g/mol. The molecular weight excluding hydrogens is 214 g/mol. The summed E-state index contributed by atoms with van der Waals surface area (Å²) in [6.45, 7) is 0.921. The maximum absolute atomic E-state index is 12.0. The largest absolute Gasteiger partial charge is 0.468 e. The fourth-order valence-electron chi connectivity index (χ4n) is 2.63. The van der Waals surface area contributed by atoms with Crippen molar-refractivity contribution in [1.29, 1.82) is 0 Å². The number of esters is 1. The summed E-state index contributed by atoms with van der Waals surface area (Å²) in [5, 5.41) is 0. The molecule has 1 unspecified atom stereocenters. The molecule has 92 valence electrons. The van der Waals surface area contributed by atoms with Crippen molar-refractivity contribution in [3.63, 3.8) is 0 Å². The van der Waals surface area contributed by atoms with Crippen LogP contribution < -0.4 is 0 Å². The van der Waals surface area contributed by atoms with Crippen LogP contribution in [-0.2, 0) is 14.9 Å². The highest BCUT2D eigenvalue weighted by atomic mass is 16.5. The van der Waals surface area contributed by atoms with E-state index >= 15 is 0 Å². The number of carbonyl (C=O) groups excluding carboxylic acids is 1. The minimum atomic E-state index is -0.402. The van der Waals surface area contributed by atoms with Crippen LogP contribution >= 0.6 is 0 Å². The molecule has 0 radical (unpaired) electrons. The Hall–Kier alpha value is -1.35. The molecule has 0 spiro atoms. The summed E-state index contributed by atoms with van der Waals surface area (Å²) in [5.41, 5.74) is 0.680. The van der Waals surface area contributed by atoms with E-state index in [0.717, 1.165) is 18.5 Å². The minimum Gasteiger partial charge on any atom is -0.468 e. The summed E-state index contributed by atoms with van der Waals surface area (Å²) < 4.78 is 4.99. The highest BCUT2D eigenvalue weighted by Crippen LogP contribution is 2.55. The summed E-state index contributed by atoms with van der Waals surface area (Å²) in [7, 11) is 5.54. The highest BCUT2D eigenvalue weighted by molar-refractivity contribution is 5.87. The maximum Gasteiger partial charge on any atom is 0.316 e. The van der Waals surface area contributed by atoms with Crippen molar-refractivity contribution in [1.82, 2.24) is 4.90 Å². The van der Waals surface area contributed by atoms with Crippen LogP contribution in [0.25, 0.3) is 0 Å². The zero-order chi connectivity index (χ0) is 12.5. The third-order valence-corrected chi connectivity index (χ3v) is 3.53.